The molecule has 72 valence electrons. The van der Waals surface area contributed by atoms with E-state index >= 15 is 0 Å². The van der Waals surface area contributed by atoms with Gasteiger partial charge in [0, 0.05) is 17.5 Å². The molecule has 1 aromatic heterocycles. The summed E-state index contributed by atoms with van der Waals surface area (Å²) in [6, 6.07) is 6.30. The van der Waals surface area contributed by atoms with Crippen molar-refractivity contribution < 1.29 is 0 Å². The molecule has 0 fully saturated rings. The number of H-pyrrole nitrogens is 1. The van der Waals surface area contributed by atoms with Crippen molar-refractivity contribution in [2.75, 3.05) is 0 Å². The highest BCUT2D eigenvalue weighted by Gasteiger charge is 2.07. The third-order valence-electron chi connectivity index (χ3n) is 2.42. The van der Waals surface area contributed by atoms with E-state index in [-0.39, 0.29) is 0 Å². The van der Waals surface area contributed by atoms with Gasteiger partial charge < -0.3 is 4.98 Å². The van der Waals surface area contributed by atoms with Crippen LogP contribution in [0.2, 0.25) is 0 Å². The second-order valence-corrected chi connectivity index (χ2v) is 3.68. The zero-order chi connectivity index (χ0) is 10.1. The van der Waals surface area contributed by atoms with Gasteiger partial charge in [-0.05, 0) is 31.9 Å². The van der Waals surface area contributed by atoms with Gasteiger partial charge in [0.05, 0.1) is 0 Å². The van der Waals surface area contributed by atoms with E-state index in [1.807, 2.05) is 13.1 Å². The molecule has 0 bridgehead atoms. The Morgan fingerprint density at radius 1 is 1.07 bits per heavy atom. The Kier molecular flexibility index (Phi) is 2.12. The summed E-state index contributed by atoms with van der Waals surface area (Å²) < 4.78 is 0. The Labute approximate surface area is 84.0 Å². The molecular formula is C12H14N2. The molecule has 0 radical (unpaired) electrons. The van der Waals surface area contributed by atoms with E-state index in [1.165, 1.54) is 16.7 Å². The molecule has 0 aliphatic heterocycles. The van der Waals surface area contributed by atoms with Gasteiger partial charge in [-0.1, -0.05) is 18.2 Å². The molecule has 0 atom stereocenters. The second-order valence-electron chi connectivity index (χ2n) is 3.68. The SMILES string of the molecule is Cc1cnc(-c2c(C)cccc2C)[nH]1. The molecule has 0 aliphatic rings. The number of aryl methyl sites for hydroxylation is 3. The number of nitrogens with zero attached hydrogens (tertiary/aromatic N) is 1. The van der Waals surface area contributed by atoms with Crippen LogP contribution < -0.4 is 0 Å². The summed E-state index contributed by atoms with van der Waals surface area (Å²) in [6.07, 6.45) is 1.86. The van der Waals surface area contributed by atoms with E-state index < -0.39 is 0 Å². The number of hydrogen-bond donors (Lipinski definition) is 1. The minimum atomic E-state index is 0.970. The quantitative estimate of drug-likeness (QED) is 0.728. The van der Waals surface area contributed by atoms with Crippen LogP contribution in [0.1, 0.15) is 16.8 Å². The number of imidazole rings is 1. The van der Waals surface area contributed by atoms with Crippen LogP contribution >= 0.6 is 0 Å². The Morgan fingerprint density at radius 3 is 2.21 bits per heavy atom. The Hall–Kier alpha value is -1.57. The van der Waals surface area contributed by atoms with Crippen molar-refractivity contribution in [2.24, 2.45) is 0 Å². The standard InChI is InChI=1S/C12H14N2/c1-8-5-4-6-9(2)11(8)12-13-7-10(3)14-12/h4-7H,1-3H3,(H,13,14). The number of hydrogen-bond acceptors (Lipinski definition) is 1. The van der Waals surface area contributed by atoms with Crippen molar-refractivity contribution in [1.29, 1.82) is 0 Å². The molecule has 2 nitrogen and oxygen atoms in total. The largest absolute Gasteiger partial charge is 0.342 e. The maximum Gasteiger partial charge on any atom is 0.138 e. The van der Waals surface area contributed by atoms with Gasteiger partial charge in [0.2, 0.25) is 0 Å². The van der Waals surface area contributed by atoms with E-state index in [4.69, 9.17) is 0 Å². The normalized spacial score (nSPS) is 10.5. The van der Waals surface area contributed by atoms with E-state index in [1.54, 1.807) is 0 Å². The number of aromatic amines is 1. The monoisotopic (exact) mass is 186 g/mol. The molecular weight excluding hydrogens is 172 g/mol. The fraction of sp³-hybridized carbons (Fsp3) is 0.250. The van der Waals surface area contributed by atoms with Crippen molar-refractivity contribution in [3.63, 3.8) is 0 Å². The van der Waals surface area contributed by atoms with Crippen LogP contribution in [0.5, 0.6) is 0 Å². The molecule has 0 amide bonds. The minimum Gasteiger partial charge on any atom is -0.342 e. The van der Waals surface area contributed by atoms with Crippen molar-refractivity contribution in [2.45, 2.75) is 20.8 Å². The summed E-state index contributed by atoms with van der Waals surface area (Å²) >= 11 is 0. The first-order chi connectivity index (χ1) is 6.68. The van der Waals surface area contributed by atoms with Crippen LogP contribution in [0.15, 0.2) is 24.4 Å². The second kappa shape index (κ2) is 3.29. The number of aromatic nitrogens is 2. The van der Waals surface area contributed by atoms with Crippen LogP contribution in [0, 0.1) is 20.8 Å². The Morgan fingerprint density at radius 2 is 1.71 bits per heavy atom. The Balaban J connectivity index is 2.61. The van der Waals surface area contributed by atoms with Gasteiger partial charge in [-0.2, -0.15) is 0 Å². The minimum absolute atomic E-state index is 0.970. The lowest BCUT2D eigenvalue weighted by Gasteiger charge is -2.05. The van der Waals surface area contributed by atoms with Gasteiger partial charge in [0.15, 0.2) is 0 Å². The first-order valence-electron chi connectivity index (χ1n) is 4.76. The highest BCUT2D eigenvalue weighted by molar-refractivity contribution is 5.64. The summed E-state index contributed by atoms with van der Waals surface area (Å²) in [5.41, 5.74) is 4.85. The van der Waals surface area contributed by atoms with Crippen LogP contribution in [0.25, 0.3) is 11.4 Å². The third kappa shape index (κ3) is 1.43. The van der Waals surface area contributed by atoms with E-state index in [2.05, 4.69) is 42.0 Å². The lowest BCUT2D eigenvalue weighted by molar-refractivity contribution is 1.23. The van der Waals surface area contributed by atoms with Crippen LogP contribution in [-0.4, -0.2) is 9.97 Å². The average Bonchev–Trinajstić information content (AvgIpc) is 2.51. The van der Waals surface area contributed by atoms with Gasteiger partial charge in [0.25, 0.3) is 0 Å². The van der Waals surface area contributed by atoms with Gasteiger partial charge >= 0.3 is 0 Å². The highest BCUT2D eigenvalue weighted by Crippen LogP contribution is 2.23. The molecule has 1 aromatic carbocycles. The van der Waals surface area contributed by atoms with Gasteiger partial charge in [-0.3, -0.25) is 0 Å². The lowest BCUT2D eigenvalue weighted by Crippen LogP contribution is -1.89. The topological polar surface area (TPSA) is 28.7 Å². The summed E-state index contributed by atoms with van der Waals surface area (Å²) in [4.78, 5) is 7.62. The predicted molar refractivity (Wildman–Crippen MR) is 58.2 cm³/mol. The molecule has 2 rings (SSSR count). The van der Waals surface area contributed by atoms with Gasteiger partial charge in [0.1, 0.15) is 5.82 Å². The lowest BCUT2D eigenvalue weighted by atomic mass is 10.0. The summed E-state index contributed by atoms with van der Waals surface area (Å²) in [7, 11) is 0. The maximum atomic E-state index is 4.35. The van der Waals surface area contributed by atoms with Crippen molar-refractivity contribution >= 4 is 0 Å². The third-order valence-corrected chi connectivity index (χ3v) is 2.42. The van der Waals surface area contributed by atoms with Crippen LogP contribution in [0.4, 0.5) is 0 Å². The molecule has 14 heavy (non-hydrogen) atoms. The smallest absolute Gasteiger partial charge is 0.138 e. The van der Waals surface area contributed by atoms with Gasteiger partial charge in [-0.15, -0.1) is 0 Å². The van der Waals surface area contributed by atoms with E-state index in [0.717, 1.165) is 11.5 Å². The molecule has 0 aliphatic carbocycles. The molecule has 0 saturated heterocycles. The van der Waals surface area contributed by atoms with Crippen LogP contribution in [0.3, 0.4) is 0 Å². The first kappa shape index (κ1) is 9.00. The molecule has 0 unspecified atom stereocenters. The summed E-state index contributed by atoms with van der Waals surface area (Å²) in [5.74, 6) is 0.970. The molecule has 1 N–H and O–H groups in total. The van der Waals surface area contributed by atoms with Crippen molar-refractivity contribution in [1.82, 2.24) is 9.97 Å². The van der Waals surface area contributed by atoms with Crippen molar-refractivity contribution in [3.05, 3.63) is 41.2 Å². The maximum absolute atomic E-state index is 4.35. The van der Waals surface area contributed by atoms with Crippen molar-refractivity contribution in [3.8, 4) is 11.4 Å². The van der Waals surface area contributed by atoms with E-state index in [9.17, 15) is 0 Å². The molecule has 1 heterocycles. The average molecular weight is 186 g/mol. The Bertz CT molecular complexity index is 435. The highest BCUT2D eigenvalue weighted by atomic mass is 14.9. The summed E-state index contributed by atoms with van der Waals surface area (Å²) in [5, 5.41) is 0. The molecule has 0 saturated carbocycles. The number of rotatable bonds is 1. The summed E-state index contributed by atoms with van der Waals surface area (Å²) in [6.45, 7) is 6.24. The van der Waals surface area contributed by atoms with E-state index in [0.29, 0.717) is 0 Å². The molecule has 2 aromatic rings. The zero-order valence-corrected chi connectivity index (χ0v) is 8.76. The zero-order valence-electron chi connectivity index (χ0n) is 8.76. The van der Waals surface area contributed by atoms with Gasteiger partial charge in [-0.25, -0.2) is 4.98 Å². The number of nitrogens with one attached hydrogen (secondary N) is 1. The van der Waals surface area contributed by atoms with Crippen LogP contribution in [-0.2, 0) is 0 Å². The first-order valence-corrected chi connectivity index (χ1v) is 4.76. The molecule has 0 spiro atoms. The fourth-order valence-electron chi connectivity index (χ4n) is 1.73. The predicted octanol–water partition coefficient (Wildman–Crippen LogP) is 3.00. The fourth-order valence-corrected chi connectivity index (χ4v) is 1.73. The number of benzene rings is 1. The molecule has 2 heteroatoms.